The summed E-state index contributed by atoms with van der Waals surface area (Å²) in [4.78, 5) is 52.8. The first-order valence-electron chi connectivity index (χ1n) is 21.2. The summed E-state index contributed by atoms with van der Waals surface area (Å²) in [6.45, 7) is 17.7. The SMILES string of the molecule is CC(=O)[C@@H](Cc1ccccc1)CN1CC[C@@](C)(c2cccc(C(=O)O)c2)[C@@H](C)C1.COC(=O)c1cccc([C@]2(C)CCN(C[C@H](Cc3ccccc3)C(C)=O)C[C@@H]2C)c1. The van der Waals surface area contributed by atoms with E-state index in [-0.39, 0.29) is 40.2 Å². The molecule has 0 spiro atoms. The van der Waals surface area contributed by atoms with E-state index in [1.165, 1.54) is 23.8 Å². The van der Waals surface area contributed by atoms with Crippen LogP contribution < -0.4 is 0 Å². The number of hydrogen-bond acceptors (Lipinski definition) is 7. The monoisotopic (exact) mass is 800 g/mol. The highest BCUT2D eigenvalue weighted by Gasteiger charge is 2.40. The van der Waals surface area contributed by atoms with E-state index in [1.54, 1.807) is 26.0 Å². The maximum atomic E-state index is 12.3. The number of rotatable bonds is 14. The molecule has 4 aromatic carbocycles. The van der Waals surface area contributed by atoms with Crippen molar-refractivity contribution < 1.29 is 29.0 Å². The molecule has 2 fully saturated rings. The molecule has 1 N–H and O–H groups in total. The number of esters is 1. The van der Waals surface area contributed by atoms with Crippen LogP contribution in [0.1, 0.15) is 97.4 Å². The Hall–Kier alpha value is -4.92. The second kappa shape index (κ2) is 20.4. The van der Waals surface area contributed by atoms with Gasteiger partial charge in [-0.2, -0.15) is 0 Å². The third-order valence-electron chi connectivity index (χ3n) is 13.6. The molecule has 0 bridgehead atoms. The van der Waals surface area contributed by atoms with Crippen molar-refractivity contribution in [2.75, 3.05) is 46.4 Å². The summed E-state index contributed by atoms with van der Waals surface area (Å²) in [7, 11) is 1.42. The molecule has 2 aliphatic heterocycles. The fourth-order valence-corrected chi connectivity index (χ4v) is 9.04. The second-order valence-electron chi connectivity index (χ2n) is 17.6. The van der Waals surface area contributed by atoms with Gasteiger partial charge in [-0.15, -0.1) is 0 Å². The Morgan fingerprint density at radius 2 is 1.05 bits per heavy atom. The lowest BCUT2D eigenvalue weighted by Crippen LogP contribution is -2.49. The van der Waals surface area contributed by atoms with E-state index in [2.05, 4.69) is 67.8 Å². The minimum Gasteiger partial charge on any atom is -0.478 e. The van der Waals surface area contributed by atoms with Gasteiger partial charge < -0.3 is 19.6 Å². The van der Waals surface area contributed by atoms with Gasteiger partial charge in [0, 0.05) is 38.0 Å². The van der Waals surface area contributed by atoms with Crippen molar-refractivity contribution in [3.63, 3.8) is 0 Å². The first kappa shape index (κ1) is 45.2. The number of carboxylic acid groups (broad SMARTS) is 1. The summed E-state index contributed by atoms with van der Waals surface area (Å²) in [5, 5.41) is 9.33. The number of nitrogens with zero attached hydrogens (tertiary/aromatic N) is 2. The van der Waals surface area contributed by atoms with Crippen molar-refractivity contribution in [3.8, 4) is 0 Å². The zero-order valence-corrected chi connectivity index (χ0v) is 36.2. The lowest BCUT2D eigenvalue weighted by Gasteiger charge is -2.46. The summed E-state index contributed by atoms with van der Waals surface area (Å²) in [6, 6.07) is 35.7. The van der Waals surface area contributed by atoms with E-state index in [0.717, 1.165) is 70.5 Å². The third-order valence-corrected chi connectivity index (χ3v) is 13.6. The van der Waals surface area contributed by atoms with Gasteiger partial charge in [-0.1, -0.05) is 113 Å². The molecule has 0 aromatic heterocycles. The highest BCUT2D eigenvalue weighted by Crippen LogP contribution is 2.41. The van der Waals surface area contributed by atoms with Crippen LogP contribution in [0.2, 0.25) is 0 Å². The molecule has 0 amide bonds. The van der Waals surface area contributed by atoms with Crippen LogP contribution in [0, 0.1) is 23.7 Å². The predicted octanol–water partition coefficient (Wildman–Crippen LogP) is 8.95. The predicted molar refractivity (Wildman–Crippen MR) is 235 cm³/mol. The number of ketones is 2. The van der Waals surface area contributed by atoms with E-state index in [1.807, 2.05) is 66.7 Å². The summed E-state index contributed by atoms with van der Waals surface area (Å²) in [5.41, 5.74) is 5.57. The number of benzene rings is 4. The molecule has 4 aromatic rings. The van der Waals surface area contributed by atoms with Crippen molar-refractivity contribution in [2.45, 2.75) is 78.1 Å². The molecule has 0 radical (unpaired) electrons. The van der Waals surface area contributed by atoms with Gasteiger partial charge in [-0.3, -0.25) is 9.59 Å². The van der Waals surface area contributed by atoms with Gasteiger partial charge in [0.25, 0.3) is 0 Å². The smallest absolute Gasteiger partial charge is 0.337 e. The van der Waals surface area contributed by atoms with Crippen molar-refractivity contribution in [1.82, 2.24) is 9.80 Å². The number of carboxylic acids is 1. The molecule has 0 unspecified atom stereocenters. The van der Waals surface area contributed by atoms with Crippen LogP contribution in [0.5, 0.6) is 0 Å². The summed E-state index contributed by atoms with van der Waals surface area (Å²) < 4.78 is 4.89. The number of piperidine rings is 2. The highest BCUT2D eigenvalue weighted by atomic mass is 16.5. The van der Waals surface area contributed by atoms with Gasteiger partial charge in [0.2, 0.25) is 0 Å². The lowest BCUT2D eigenvalue weighted by atomic mass is 9.67. The van der Waals surface area contributed by atoms with Gasteiger partial charge in [0.1, 0.15) is 11.6 Å². The van der Waals surface area contributed by atoms with Crippen molar-refractivity contribution in [1.29, 1.82) is 0 Å². The van der Waals surface area contributed by atoms with Crippen molar-refractivity contribution in [2.24, 2.45) is 23.7 Å². The van der Waals surface area contributed by atoms with Crippen molar-refractivity contribution >= 4 is 23.5 Å². The number of carbonyl (C=O) groups excluding carboxylic acids is 3. The van der Waals surface area contributed by atoms with Gasteiger partial charge >= 0.3 is 11.9 Å². The molecule has 2 heterocycles. The second-order valence-corrected chi connectivity index (χ2v) is 17.6. The molecular weight excluding hydrogens is 737 g/mol. The summed E-state index contributed by atoms with van der Waals surface area (Å²) >= 11 is 0. The molecular formula is C51H64N2O6. The molecule has 8 nitrogen and oxygen atoms in total. The van der Waals surface area contributed by atoms with Crippen LogP contribution in [0.15, 0.2) is 109 Å². The zero-order valence-electron chi connectivity index (χ0n) is 36.2. The maximum absolute atomic E-state index is 12.3. The Balaban J connectivity index is 0.000000224. The fraction of sp³-hybridized carbons (Fsp3) is 0.451. The average Bonchev–Trinajstić information content (AvgIpc) is 3.23. The minimum atomic E-state index is -0.884. The van der Waals surface area contributed by atoms with Crippen LogP contribution >= 0.6 is 0 Å². The van der Waals surface area contributed by atoms with Gasteiger partial charge in [-0.05, 0) is 122 Å². The number of ether oxygens (including phenoxy) is 1. The summed E-state index contributed by atoms with van der Waals surface area (Å²) in [5.74, 6) is 0.111. The number of likely N-dealkylation sites (tertiary alicyclic amines) is 2. The quantitative estimate of drug-likeness (QED) is 0.126. The molecule has 6 rings (SSSR count). The van der Waals surface area contributed by atoms with Gasteiger partial charge in [0.05, 0.1) is 18.2 Å². The molecule has 2 aliphatic rings. The Bertz CT molecular complexity index is 2030. The number of carbonyl (C=O) groups is 4. The molecule has 314 valence electrons. The Labute approximate surface area is 352 Å². The molecule has 0 aliphatic carbocycles. The minimum absolute atomic E-state index is 0.00398. The van der Waals surface area contributed by atoms with E-state index in [4.69, 9.17) is 4.74 Å². The van der Waals surface area contributed by atoms with Crippen LogP contribution in [0.4, 0.5) is 0 Å². The molecule has 2 saturated heterocycles. The van der Waals surface area contributed by atoms with Crippen LogP contribution in [-0.4, -0.2) is 84.8 Å². The number of Topliss-reactive ketones (excluding diaryl/α,β-unsaturated/α-hetero) is 2. The summed E-state index contributed by atoms with van der Waals surface area (Å²) in [6.07, 6.45) is 3.51. The number of hydrogen-bond donors (Lipinski definition) is 1. The molecule has 6 atom stereocenters. The zero-order chi connectivity index (χ0) is 42.7. The first-order valence-corrected chi connectivity index (χ1v) is 21.2. The standard InChI is InChI=1S/C26H33NO3.C25H31NO3/c1-19-17-27(18-23(20(2)28)15-21-9-6-5-7-10-21)14-13-26(19,3)24-12-8-11-22(16-24)25(29)30-4;1-18-16-26(17-22(19(2)27)14-20-8-5-4-6-9-20)13-12-25(18,3)23-11-7-10-21(15-23)24(28)29/h5-12,16,19,23H,13-15,17-18H2,1-4H3;4-11,15,18,22H,12-14,16-17H2,1-3H3,(H,28,29)/t19-,23-,26+;18-,22-,25+/m00/s1. The Kier molecular flexibility index (Phi) is 15.6. The van der Waals surface area contributed by atoms with Crippen LogP contribution in [0.25, 0.3) is 0 Å². The highest BCUT2D eigenvalue weighted by molar-refractivity contribution is 5.89. The van der Waals surface area contributed by atoms with Crippen LogP contribution in [0.3, 0.4) is 0 Å². The fourth-order valence-electron chi connectivity index (χ4n) is 9.04. The third kappa shape index (κ3) is 11.6. The first-order chi connectivity index (χ1) is 28.1. The van der Waals surface area contributed by atoms with E-state index < -0.39 is 5.97 Å². The number of methoxy groups -OCH3 is 1. The van der Waals surface area contributed by atoms with E-state index >= 15 is 0 Å². The molecule has 59 heavy (non-hydrogen) atoms. The topological polar surface area (TPSA) is 104 Å². The normalized spacial score (nSPS) is 23.2. The number of aromatic carboxylic acids is 1. The average molecular weight is 801 g/mol. The maximum Gasteiger partial charge on any atom is 0.337 e. The Morgan fingerprint density at radius 1 is 0.644 bits per heavy atom. The lowest BCUT2D eigenvalue weighted by molar-refractivity contribution is -0.122. The van der Waals surface area contributed by atoms with E-state index in [9.17, 15) is 24.3 Å². The van der Waals surface area contributed by atoms with Gasteiger partial charge in [-0.25, -0.2) is 9.59 Å². The Morgan fingerprint density at radius 3 is 1.42 bits per heavy atom. The van der Waals surface area contributed by atoms with Crippen molar-refractivity contribution in [3.05, 3.63) is 143 Å². The molecule has 0 saturated carbocycles. The molecule has 8 heteroatoms. The van der Waals surface area contributed by atoms with E-state index in [0.29, 0.717) is 23.0 Å². The van der Waals surface area contributed by atoms with Gasteiger partial charge in [0.15, 0.2) is 0 Å². The van der Waals surface area contributed by atoms with Crippen LogP contribution in [-0.2, 0) is 38.0 Å². The largest absolute Gasteiger partial charge is 0.478 e.